The fraction of sp³-hybridized carbons (Fsp3) is 0.500. The summed E-state index contributed by atoms with van der Waals surface area (Å²) in [5.74, 6) is -0.548. The average molecular weight is 753 g/mol. The number of hydrogen-bond acceptors (Lipinski definition) is 10. The van der Waals surface area contributed by atoms with Gasteiger partial charge in [0.25, 0.3) is 11.8 Å². The highest BCUT2D eigenvalue weighted by Gasteiger charge is 2.38. The predicted octanol–water partition coefficient (Wildman–Crippen LogP) is 6.11. The summed E-state index contributed by atoms with van der Waals surface area (Å²) < 4.78 is 43.4. The number of anilines is 1. The molecule has 6 atom stereocenters. The number of halogens is 1. The maximum atomic E-state index is 14.1. The van der Waals surface area contributed by atoms with Crippen molar-refractivity contribution in [3.63, 3.8) is 0 Å². The fourth-order valence-corrected chi connectivity index (χ4v) is 8.69. The Kier molecular flexibility index (Phi) is 12.2. The Morgan fingerprint density at radius 1 is 1.04 bits per heavy atom. The van der Waals surface area contributed by atoms with Crippen LogP contribution in [0.2, 0.25) is 5.02 Å². The van der Waals surface area contributed by atoms with Crippen LogP contribution in [0.15, 0.2) is 59.1 Å². The zero-order valence-electron chi connectivity index (χ0n) is 30.2. The lowest BCUT2D eigenvalue weighted by Gasteiger charge is -2.44. The molecule has 14 heteroatoms. The van der Waals surface area contributed by atoms with Gasteiger partial charge < -0.3 is 37.7 Å². The van der Waals surface area contributed by atoms with Crippen LogP contribution in [-0.2, 0) is 44.3 Å². The second-order valence-electron chi connectivity index (χ2n) is 13.7. The molecule has 3 aromatic rings. The second kappa shape index (κ2) is 16.8. The van der Waals surface area contributed by atoms with E-state index in [1.165, 1.54) is 23.6 Å². The Balaban J connectivity index is 1.45. The van der Waals surface area contributed by atoms with Crippen LogP contribution in [0.25, 0.3) is 0 Å². The highest BCUT2D eigenvalue weighted by molar-refractivity contribution is 7.75. The van der Waals surface area contributed by atoms with E-state index in [0.29, 0.717) is 30.5 Å². The summed E-state index contributed by atoms with van der Waals surface area (Å²) in [5.41, 5.74) is 3.53. The third-order valence-electron chi connectivity index (χ3n) is 10.5. The number of ether oxygens (including phenoxy) is 4. The molecule has 1 aromatic heterocycles. The zero-order chi connectivity index (χ0) is 36.9. The molecule has 1 aliphatic carbocycles. The molecule has 3 aliphatic rings. The summed E-state index contributed by atoms with van der Waals surface area (Å²) in [4.78, 5) is 29.8. The van der Waals surface area contributed by atoms with Gasteiger partial charge in [-0.25, -0.2) is 0 Å². The molecule has 1 unspecified atom stereocenters. The van der Waals surface area contributed by atoms with Crippen LogP contribution in [0, 0.1) is 17.8 Å². The molecule has 2 bridgehead atoms. The first kappa shape index (κ1) is 37.8. The van der Waals surface area contributed by atoms with Gasteiger partial charge in [-0.05, 0) is 96.7 Å². The number of rotatable bonds is 5. The number of nitrogens with zero attached hydrogens (tertiary/aromatic N) is 4. The topological polar surface area (TPSA) is 134 Å². The van der Waals surface area contributed by atoms with Gasteiger partial charge in [-0.2, -0.15) is 10.6 Å². The van der Waals surface area contributed by atoms with Gasteiger partial charge in [-0.1, -0.05) is 36.7 Å². The number of hydrogen-bond donors (Lipinski definition) is 1. The first-order valence-electron chi connectivity index (χ1n) is 17.7. The van der Waals surface area contributed by atoms with E-state index in [9.17, 15) is 13.8 Å². The Hall–Kier alpha value is -3.91. The van der Waals surface area contributed by atoms with Gasteiger partial charge in [0.2, 0.25) is 5.88 Å². The highest BCUT2D eigenvalue weighted by atomic mass is 35.5. The predicted molar refractivity (Wildman–Crippen MR) is 199 cm³/mol. The van der Waals surface area contributed by atoms with Crippen molar-refractivity contribution in [3.05, 3.63) is 82.0 Å². The van der Waals surface area contributed by atoms with E-state index in [2.05, 4.69) is 25.7 Å². The normalized spacial score (nSPS) is 26.3. The molecule has 280 valence electrons. The van der Waals surface area contributed by atoms with Gasteiger partial charge in [0.05, 0.1) is 31.6 Å². The first-order valence-corrected chi connectivity index (χ1v) is 19.2. The summed E-state index contributed by atoms with van der Waals surface area (Å²) >= 11 is 6.46. The number of carbonyl (C=O) groups excluding carboxylic acids is 2. The number of benzene rings is 2. The van der Waals surface area contributed by atoms with E-state index < -0.39 is 39.8 Å². The summed E-state index contributed by atoms with van der Waals surface area (Å²) in [6, 6.07) is 11.3. The summed E-state index contributed by atoms with van der Waals surface area (Å²) in [6.07, 6.45) is 9.27. The van der Waals surface area contributed by atoms with E-state index in [-0.39, 0.29) is 34.9 Å². The molecule has 0 radical (unpaired) electrons. The van der Waals surface area contributed by atoms with Crippen LogP contribution in [-0.4, -0.2) is 73.7 Å². The highest BCUT2D eigenvalue weighted by Crippen LogP contribution is 2.42. The van der Waals surface area contributed by atoms with E-state index in [0.717, 1.165) is 43.4 Å². The molecule has 1 N–H and O–H groups in total. The van der Waals surface area contributed by atoms with Crippen LogP contribution in [0.1, 0.15) is 64.4 Å². The van der Waals surface area contributed by atoms with Crippen LogP contribution in [0.5, 0.6) is 11.6 Å². The standard InChI is InChI=1S/C38H47ClN5O7S/c1-23-32(48-3)15-16-33(49-4)29-13-10-27(29)21-44-20-26-9-12-28(39)18-24(26)8-6-7-17-51-34-14-11-25(19-31(34)44)35(45)42-52(47)38(23)40-36(46)30-22-43(2)41-37(30)50-5/h9,11-12,14-16,18-19,22-23,27,29,32-33,38H,6-8,10,13,17,20-21H2,1-5H3,(H,40,46)/q-1/b16-15+/t23-,27-,29+,32-,33-,38?/m0/s1. The number of fused-ring (bicyclic) bond motifs is 3. The minimum Gasteiger partial charge on any atom is -0.491 e. The van der Waals surface area contributed by atoms with Gasteiger partial charge in [-0.3, -0.25) is 14.3 Å². The van der Waals surface area contributed by atoms with Crippen molar-refractivity contribution in [1.82, 2.24) is 15.1 Å². The molecule has 12 nitrogen and oxygen atoms in total. The first-order chi connectivity index (χ1) is 25.1. The Bertz CT molecular complexity index is 1890. The Labute approximate surface area is 312 Å². The largest absolute Gasteiger partial charge is 0.491 e. The molecule has 3 heterocycles. The lowest BCUT2D eigenvalue weighted by Crippen LogP contribution is -2.45. The van der Waals surface area contributed by atoms with E-state index in [1.54, 1.807) is 46.4 Å². The van der Waals surface area contributed by atoms with Crippen molar-refractivity contribution in [1.29, 1.82) is 0 Å². The molecular formula is C38H47ClN5O7S-. The number of aromatic nitrogens is 2. The summed E-state index contributed by atoms with van der Waals surface area (Å²) in [7, 11) is 4.12. The summed E-state index contributed by atoms with van der Waals surface area (Å²) in [6.45, 7) is 3.60. The van der Waals surface area contributed by atoms with E-state index in [4.69, 9.17) is 30.5 Å². The molecule has 2 amide bonds. The number of amides is 2. The number of nitrogens with one attached hydrogen (secondary N) is 1. The van der Waals surface area contributed by atoms with E-state index >= 15 is 0 Å². The SMILES string of the molecule is COc1nn(C)cc1C(=O)NC1[C@@H](C)[C@@H](OC)/C=C/[C@H](OC)[C@@H]2CC[C@H]2CN2Cc3ccc(Cl)cc3CCCCOc3ccc(cc32)C(=O)N=[S-]1=O. The van der Waals surface area contributed by atoms with Gasteiger partial charge in [0.1, 0.15) is 11.3 Å². The fourth-order valence-electron chi connectivity index (χ4n) is 7.39. The molecular weight excluding hydrogens is 706 g/mol. The number of carbonyl (C=O) groups is 2. The third kappa shape index (κ3) is 8.33. The minimum absolute atomic E-state index is 0.112. The van der Waals surface area contributed by atoms with Crippen molar-refractivity contribution in [3.8, 4) is 11.6 Å². The average Bonchev–Trinajstić information content (AvgIpc) is 3.50. The smallest absolute Gasteiger partial charge is 0.257 e. The molecule has 2 aromatic carbocycles. The summed E-state index contributed by atoms with van der Waals surface area (Å²) in [5, 5.41) is 6.61. The second-order valence-corrected chi connectivity index (χ2v) is 15.4. The zero-order valence-corrected chi connectivity index (χ0v) is 31.8. The maximum Gasteiger partial charge on any atom is 0.257 e. The van der Waals surface area contributed by atoms with Crippen molar-refractivity contribution in [2.24, 2.45) is 29.2 Å². The Morgan fingerprint density at radius 2 is 1.83 bits per heavy atom. The lowest BCUT2D eigenvalue weighted by molar-refractivity contribution is 0.0120. The molecule has 2 aliphatic heterocycles. The molecule has 0 spiro atoms. The Morgan fingerprint density at radius 3 is 2.56 bits per heavy atom. The van der Waals surface area contributed by atoms with Crippen LogP contribution in [0.3, 0.4) is 0 Å². The molecule has 52 heavy (non-hydrogen) atoms. The van der Waals surface area contributed by atoms with Crippen molar-refractivity contribution < 1.29 is 32.7 Å². The lowest BCUT2D eigenvalue weighted by atomic mass is 9.70. The van der Waals surface area contributed by atoms with Crippen LogP contribution < -0.4 is 19.7 Å². The third-order valence-corrected chi connectivity index (χ3v) is 12.0. The quantitative estimate of drug-likeness (QED) is 0.242. The van der Waals surface area contributed by atoms with Gasteiger partial charge in [0, 0.05) is 51.1 Å². The van der Waals surface area contributed by atoms with Gasteiger partial charge in [0.15, 0.2) is 0 Å². The number of aryl methyl sites for hydroxylation is 2. The molecule has 0 saturated heterocycles. The monoisotopic (exact) mass is 752 g/mol. The van der Waals surface area contributed by atoms with Crippen molar-refractivity contribution >= 4 is 39.7 Å². The van der Waals surface area contributed by atoms with E-state index in [1.807, 2.05) is 24.3 Å². The van der Waals surface area contributed by atoms with Crippen LogP contribution in [0.4, 0.5) is 5.69 Å². The van der Waals surface area contributed by atoms with Gasteiger partial charge >= 0.3 is 0 Å². The van der Waals surface area contributed by atoms with Crippen molar-refractivity contribution in [2.75, 3.05) is 39.4 Å². The van der Waals surface area contributed by atoms with Gasteiger partial charge in [-0.15, -0.1) is 5.10 Å². The number of methoxy groups -OCH3 is 3. The molecule has 6 rings (SSSR count). The minimum atomic E-state index is -2.23. The maximum absolute atomic E-state index is 14.1. The molecule has 1 fully saturated rings. The van der Waals surface area contributed by atoms with Crippen LogP contribution >= 0.6 is 11.6 Å². The van der Waals surface area contributed by atoms with Crippen molar-refractivity contribution in [2.45, 2.75) is 63.2 Å². The molecule has 1 saturated carbocycles.